The fourth-order valence-electron chi connectivity index (χ4n) is 10.1. The summed E-state index contributed by atoms with van der Waals surface area (Å²) in [4.78, 5) is 37.9. The van der Waals surface area contributed by atoms with Crippen LogP contribution < -0.4 is 0 Å². The maximum absolute atomic E-state index is 12.8. The van der Waals surface area contributed by atoms with Gasteiger partial charge in [-0.3, -0.25) is 14.4 Å². The molecule has 0 aromatic rings. The molecule has 72 heavy (non-hydrogen) atoms. The lowest BCUT2D eigenvalue weighted by Crippen LogP contribution is -2.30. The molecule has 6 nitrogen and oxygen atoms in total. The highest BCUT2D eigenvalue weighted by Crippen LogP contribution is 2.18. The summed E-state index contributed by atoms with van der Waals surface area (Å²) in [6, 6.07) is 0. The molecule has 0 heterocycles. The van der Waals surface area contributed by atoms with Crippen molar-refractivity contribution in [3.63, 3.8) is 0 Å². The Morgan fingerprint density at radius 1 is 0.264 bits per heavy atom. The summed E-state index contributed by atoms with van der Waals surface area (Å²) in [6.07, 6.45) is 72.8. The maximum Gasteiger partial charge on any atom is 0.306 e. The molecule has 0 aliphatic carbocycles. The van der Waals surface area contributed by atoms with Gasteiger partial charge in [0.2, 0.25) is 0 Å². The molecule has 1 atom stereocenters. The third-order valence-electron chi connectivity index (χ3n) is 15.0. The Bertz CT molecular complexity index is 1120. The standard InChI is InChI=1S/C66H126O6/c1-4-7-10-13-16-18-20-22-24-26-27-28-29-30-31-32-33-34-35-36-37-38-39-40-41-43-44-46-48-50-53-56-59-65(68)71-62-63(61-70-64(67)58-55-52-15-12-9-6-3)72-66(69)60-57-54-51-49-47-45-42-25-23-21-19-17-14-11-8-5-2/h25,42,63H,4-24,26-41,43-62H2,1-3H3/b42-25-. The van der Waals surface area contributed by atoms with E-state index in [4.69, 9.17) is 14.2 Å². The first kappa shape index (κ1) is 70.1. The van der Waals surface area contributed by atoms with E-state index in [0.29, 0.717) is 19.3 Å². The molecule has 0 spiro atoms. The van der Waals surface area contributed by atoms with Crippen LogP contribution in [0.3, 0.4) is 0 Å². The van der Waals surface area contributed by atoms with Crippen molar-refractivity contribution < 1.29 is 28.6 Å². The Morgan fingerprint density at radius 3 is 0.694 bits per heavy atom. The Kier molecular flexibility index (Phi) is 60.1. The number of hydrogen-bond acceptors (Lipinski definition) is 6. The van der Waals surface area contributed by atoms with Gasteiger partial charge in [-0.25, -0.2) is 0 Å². The number of carbonyl (C=O) groups excluding carboxylic acids is 3. The van der Waals surface area contributed by atoms with Crippen LogP contribution in [0.25, 0.3) is 0 Å². The lowest BCUT2D eigenvalue weighted by atomic mass is 10.0. The number of esters is 3. The normalized spacial score (nSPS) is 12.0. The van der Waals surface area contributed by atoms with E-state index in [-0.39, 0.29) is 31.1 Å². The molecule has 0 radical (unpaired) electrons. The van der Waals surface area contributed by atoms with Gasteiger partial charge < -0.3 is 14.2 Å². The molecule has 0 rings (SSSR count). The Hall–Kier alpha value is -1.85. The van der Waals surface area contributed by atoms with E-state index < -0.39 is 6.10 Å². The molecular weight excluding hydrogens is 889 g/mol. The summed E-state index contributed by atoms with van der Waals surface area (Å²) in [7, 11) is 0. The molecule has 0 aliphatic rings. The average Bonchev–Trinajstić information content (AvgIpc) is 3.38. The first-order chi connectivity index (χ1) is 35.5. The van der Waals surface area contributed by atoms with Gasteiger partial charge in [-0.1, -0.05) is 322 Å². The number of rotatable bonds is 61. The van der Waals surface area contributed by atoms with Crippen LogP contribution in [0.1, 0.15) is 374 Å². The van der Waals surface area contributed by atoms with Gasteiger partial charge in [0.15, 0.2) is 6.10 Å². The summed E-state index contributed by atoms with van der Waals surface area (Å²) < 4.78 is 16.8. The summed E-state index contributed by atoms with van der Waals surface area (Å²) in [5, 5.41) is 0. The zero-order valence-corrected chi connectivity index (χ0v) is 49.0. The largest absolute Gasteiger partial charge is 0.462 e. The lowest BCUT2D eigenvalue weighted by Gasteiger charge is -2.18. The number of allylic oxidation sites excluding steroid dienone is 2. The van der Waals surface area contributed by atoms with Crippen LogP contribution in [0.2, 0.25) is 0 Å². The molecule has 426 valence electrons. The Morgan fingerprint density at radius 2 is 0.458 bits per heavy atom. The second kappa shape index (κ2) is 61.7. The third kappa shape index (κ3) is 59.0. The van der Waals surface area contributed by atoms with Gasteiger partial charge in [0.25, 0.3) is 0 Å². The first-order valence-corrected chi connectivity index (χ1v) is 32.7. The van der Waals surface area contributed by atoms with Crippen molar-refractivity contribution in [1.29, 1.82) is 0 Å². The second-order valence-corrected chi connectivity index (χ2v) is 22.4. The highest BCUT2D eigenvalue weighted by molar-refractivity contribution is 5.71. The molecule has 0 aromatic heterocycles. The van der Waals surface area contributed by atoms with Gasteiger partial charge >= 0.3 is 17.9 Å². The predicted octanol–water partition coefficient (Wildman–Crippen LogP) is 22.1. The lowest BCUT2D eigenvalue weighted by molar-refractivity contribution is -0.167. The van der Waals surface area contributed by atoms with Crippen molar-refractivity contribution in [3.8, 4) is 0 Å². The molecule has 0 amide bonds. The van der Waals surface area contributed by atoms with Crippen LogP contribution in [-0.4, -0.2) is 37.2 Å². The van der Waals surface area contributed by atoms with E-state index in [1.54, 1.807) is 0 Å². The Labute approximate surface area is 450 Å². The molecule has 0 aliphatic heterocycles. The zero-order chi connectivity index (χ0) is 52.2. The van der Waals surface area contributed by atoms with Crippen molar-refractivity contribution in [2.24, 2.45) is 0 Å². The molecule has 0 N–H and O–H groups in total. The van der Waals surface area contributed by atoms with Crippen LogP contribution in [0.4, 0.5) is 0 Å². The second-order valence-electron chi connectivity index (χ2n) is 22.4. The number of hydrogen-bond donors (Lipinski definition) is 0. The van der Waals surface area contributed by atoms with Crippen LogP contribution >= 0.6 is 0 Å². The van der Waals surface area contributed by atoms with Crippen LogP contribution in [-0.2, 0) is 28.6 Å². The molecule has 0 aromatic carbocycles. The van der Waals surface area contributed by atoms with Gasteiger partial charge in [0.05, 0.1) is 0 Å². The quantitative estimate of drug-likeness (QED) is 0.0261. The van der Waals surface area contributed by atoms with Crippen molar-refractivity contribution in [1.82, 2.24) is 0 Å². The van der Waals surface area contributed by atoms with Gasteiger partial charge in [0.1, 0.15) is 13.2 Å². The number of unbranched alkanes of at least 4 members (excludes halogenated alkanes) is 48. The highest BCUT2D eigenvalue weighted by atomic mass is 16.6. The molecule has 6 heteroatoms. The van der Waals surface area contributed by atoms with E-state index in [0.717, 1.165) is 64.2 Å². The fourth-order valence-corrected chi connectivity index (χ4v) is 10.1. The number of ether oxygens (including phenoxy) is 3. The van der Waals surface area contributed by atoms with Crippen molar-refractivity contribution in [2.75, 3.05) is 13.2 Å². The molecule has 0 saturated carbocycles. The van der Waals surface area contributed by atoms with E-state index in [1.807, 2.05) is 0 Å². The summed E-state index contributed by atoms with van der Waals surface area (Å²) in [6.45, 7) is 6.63. The smallest absolute Gasteiger partial charge is 0.306 e. The van der Waals surface area contributed by atoms with E-state index >= 15 is 0 Å². The monoisotopic (exact) mass is 1010 g/mol. The van der Waals surface area contributed by atoms with Crippen LogP contribution in [0.5, 0.6) is 0 Å². The van der Waals surface area contributed by atoms with Gasteiger partial charge in [0, 0.05) is 19.3 Å². The van der Waals surface area contributed by atoms with Crippen molar-refractivity contribution >= 4 is 17.9 Å². The average molecular weight is 1020 g/mol. The Balaban J connectivity index is 3.91. The van der Waals surface area contributed by atoms with Gasteiger partial charge in [-0.2, -0.15) is 0 Å². The molecule has 0 saturated heterocycles. The van der Waals surface area contributed by atoms with Gasteiger partial charge in [-0.15, -0.1) is 0 Å². The molecule has 0 fully saturated rings. The molecular formula is C66H126O6. The fraction of sp³-hybridized carbons (Fsp3) is 0.924. The van der Waals surface area contributed by atoms with Crippen molar-refractivity contribution in [3.05, 3.63) is 12.2 Å². The van der Waals surface area contributed by atoms with Crippen LogP contribution in [0.15, 0.2) is 12.2 Å². The predicted molar refractivity (Wildman–Crippen MR) is 312 cm³/mol. The molecule has 1 unspecified atom stereocenters. The minimum Gasteiger partial charge on any atom is -0.462 e. The number of carbonyl (C=O) groups is 3. The van der Waals surface area contributed by atoms with Gasteiger partial charge in [-0.05, 0) is 44.9 Å². The van der Waals surface area contributed by atoms with Crippen LogP contribution in [0, 0.1) is 0 Å². The zero-order valence-electron chi connectivity index (χ0n) is 49.0. The third-order valence-corrected chi connectivity index (χ3v) is 15.0. The molecule has 0 bridgehead atoms. The van der Waals surface area contributed by atoms with Crippen molar-refractivity contribution in [2.45, 2.75) is 380 Å². The maximum atomic E-state index is 12.8. The van der Waals surface area contributed by atoms with E-state index in [9.17, 15) is 14.4 Å². The SMILES string of the molecule is CCCCCCCCC/C=C\CCCCCCCC(=O)OC(COC(=O)CCCCCCCC)COC(=O)CCCCCCCCCCCCCCCCCCCCCCCCCCCCCCCCCC. The van der Waals surface area contributed by atoms with E-state index in [1.165, 1.54) is 270 Å². The van der Waals surface area contributed by atoms with E-state index in [2.05, 4.69) is 32.9 Å². The highest BCUT2D eigenvalue weighted by Gasteiger charge is 2.19. The summed E-state index contributed by atoms with van der Waals surface area (Å²) >= 11 is 0. The summed E-state index contributed by atoms with van der Waals surface area (Å²) in [5.74, 6) is -0.864. The minimum atomic E-state index is -0.768. The summed E-state index contributed by atoms with van der Waals surface area (Å²) in [5.41, 5.74) is 0. The first-order valence-electron chi connectivity index (χ1n) is 32.7. The minimum absolute atomic E-state index is 0.0685. The topological polar surface area (TPSA) is 78.9 Å².